The number of anilines is 3. The van der Waals surface area contributed by atoms with Gasteiger partial charge in [0.2, 0.25) is 0 Å². The fraction of sp³-hybridized carbons (Fsp3) is 0.308. The van der Waals surface area contributed by atoms with Gasteiger partial charge in [0.1, 0.15) is 0 Å². The van der Waals surface area contributed by atoms with E-state index in [9.17, 15) is 0 Å². The summed E-state index contributed by atoms with van der Waals surface area (Å²) in [6.07, 6.45) is 0. The first-order valence-corrected chi connectivity index (χ1v) is 6.96. The van der Waals surface area contributed by atoms with Crippen LogP contribution in [0.25, 0.3) is 0 Å². The quantitative estimate of drug-likeness (QED) is 0.829. The largest absolute Gasteiger partial charge is 0.394 e. The molecule has 96 valence electrons. The first-order chi connectivity index (χ1) is 8.52. The Morgan fingerprint density at radius 3 is 2.78 bits per heavy atom. The molecule has 0 amide bonds. The molecule has 1 heterocycles. The molecule has 0 spiro atoms. The first kappa shape index (κ1) is 13.2. The number of benzene rings is 1. The van der Waals surface area contributed by atoms with Crippen molar-refractivity contribution in [1.29, 1.82) is 0 Å². The average Bonchev–Trinajstić information content (AvgIpc) is 2.61. The van der Waals surface area contributed by atoms with E-state index in [1.165, 1.54) is 9.13 Å². The number of hydrogen-bond donors (Lipinski definition) is 2. The van der Waals surface area contributed by atoms with E-state index in [4.69, 9.17) is 5.73 Å². The molecule has 2 rings (SSSR count). The van der Waals surface area contributed by atoms with E-state index in [-0.39, 0.29) is 0 Å². The van der Waals surface area contributed by atoms with Crippen molar-refractivity contribution in [2.45, 2.75) is 27.3 Å². The number of nitrogens with two attached hydrogens (primary N) is 1. The lowest BCUT2D eigenvalue weighted by Crippen LogP contribution is -2.05. The van der Waals surface area contributed by atoms with E-state index < -0.39 is 0 Å². The minimum Gasteiger partial charge on any atom is -0.394 e. The van der Waals surface area contributed by atoms with Gasteiger partial charge in [0.25, 0.3) is 0 Å². The fourth-order valence-corrected chi connectivity index (χ4v) is 2.30. The van der Waals surface area contributed by atoms with Crippen LogP contribution in [0.5, 0.6) is 0 Å². The molecule has 0 aliphatic rings. The summed E-state index contributed by atoms with van der Waals surface area (Å²) in [7, 11) is 0. The second-order valence-corrected chi connectivity index (χ2v) is 5.49. The lowest BCUT2D eigenvalue weighted by Gasteiger charge is -2.12. The summed E-state index contributed by atoms with van der Waals surface area (Å²) in [5, 5.41) is 7.80. The summed E-state index contributed by atoms with van der Waals surface area (Å²) in [6, 6.07) is 6.30. The maximum absolute atomic E-state index is 6.07. The molecule has 3 N–H and O–H groups in total. The second-order valence-electron chi connectivity index (χ2n) is 4.25. The molecular formula is C13H17IN4. The van der Waals surface area contributed by atoms with E-state index in [2.05, 4.69) is 65.1 Å². The smallest absolute Gasteiger partial charge is 0.152 e. The van der Waals surface area contributed by atoms with Crippen LogP contribution in [0.15, 0.2) is 18.2 Å². The molecule has 0 radical (unpaired) electrons. The highest BCUT2D eigenvalue weighted by atomic mass is 127. The van der Waals surface area contributed by atoms with E-state index >= 15 is 0 Å². The van der Waals surface area contributed by atoms with Gasteiger partial charge in [-0.05, 0) is 61.1 Å². The van der Waals surface area contributed by atoms with Crippen LogP contribution in [0.1, 0.15) is 18.2 Å². The normalized spacial score (nSPS) is 10.7. The number of nitrogens with zero attached hydrogens (tertiary/aromatic N) is 2. The van der Waals surface area contributed by atoms with E-state index in [0.29, 0.717) is 0 Å². The Labute approximate surface area is 121 Å². The Hall–Kier alpha value is -1.24. The second kappa shape index (κ2) is 5.17. The van der Waals surface area contributed by atoms with Gasteiger partial charge in [0.05, 0.1) is 11.4 Å². The van der Waals surface area contributed by atoms with Crippen molar-refractivity contribution in [3.63, 3.8) is 0 Å². The number of nitrogens with one attached hydrogen (secondary N) is 1. The number of halogens is 1. The molecule has 2 aromatic rings. The molecule has 1 aromatic carbocycles. The number of rotatable bonds is 3. The van der Waals surface area contributed by atoms with Crippen molar-refractivity contribution in [1.82, 2.24) is 9.78 Å². The predicted molar refractivity (Wildman–Crippen MR) is 84.2 cm³/mol. The maximum Gasteiger partial charge on any atom is 0.152 e. The van der Waals surface area contributed by atoms with Crippen LogP contribution in [0.4, 0.5) is 17.2 Å². The van der Waals surface area contributed by atoms with Gasteiger partial charge in [-0.1, -0.05) is 6.07 Å². The Morgan fingerprint density at radius 1 is 1.39 bits per heavy atom. The number of hydrogen-bond acceptors (Lipinski definition) is 3. The third-order valence-corrected chi connectivity index (χ3v) is 3.60. The lowest BCUT2D eigenvalue weighted by molar-refractivity contribution is 0.661. The summed E-state index contributed by atoms with van der Waals surface area (Å²) in [4.78, 5) is 0. The molecule has 0 saturated carbocycles. The summed E-state index contributed by atoms with van der Waals surface area (Å²) in [5.74, 6) is 0.875. The number of aromatic nitrogens is 2. The van der Waals surface area contributed by atoms with Gasteiger partial charge in [-0.15, -0.1) is 0 Å². The van der Waals surface area contributed by atoms with Crippen molar-refractivity contribution >= 4 is 39.8 Å². The molecule has 0 aliphatic heterocycles. The highest BCUT2D eigenvalue weighted by molar-refractivity contribution is 14.1. The Bertz CT molecular complexity index is 575. The molecular weight excluding hydrogens is 339 g/mol. The minimum absolute atomic E-state index is 0.718. The van der Waals surface area contributed by atoms with Gasteiger partial charge in [-0.25, -0.2) is 4.68 Å². The molecule has 1 aromatic heterocycles. The zero-order valence-electron chi connectivity index (χ0n) is 10.8. The number of nitrogen functional groups attached to an aromatic ring is 1. The van der Waals surface area contributed by atoms with Crippen molar-refractivity contribution in [2.75, 3.05) is 11.1 Å². The molecule has 5 heteroatoms. The highest BCUT2D eigenvalue weighted by Gasteiger charge is 2.12. The third-order valence-electron chi connectivity index (χ3n) is 2.93. The Kier molecular flexibility index (Phi) is 3.79. The molecule has 4 nitrogen and oxygen atoms in total. The minimum atomic E-state index is 0.718. The Balaban J connectivity index is 2.42. The van der Waals surface area contributed by atoms with Crippen LogP contribution in [0, 0.1) is 17.4 Å². The van der Waals surface area contributed by atoms with Gasteiger partial charge in [0, 0.05) is 15.8 Å². The van der Waals surface area contributed by atoms with Crippen LogP contribution in [0.3, 0.4) is 0 Å². The van der Waals surface area contributed by atoms with Crippen LogP contribution in [0.2, 0.25) is 0 Å². The standard InChI is InChI=1S/C13H17IN4/c1-4-18-13(12(15)9(3)17-18)16-11-7-10(14)6-5-8(11)2/h5-7,16H,4,15H2,1-3H3. The molecule has 18 heavy (non-hydrogen) atoms. The van der Waals surface area contributed by atoms with E-state index in [1.54, 1.807) is 0 Å². The molecule has 0 atom stereocenters. The average molecular weight is 356 g/mol. The van der Waals surface area contributed by atoms with E-state index in [1.807, 2.05) is 11.6 Å². The zero-order valence-corrected chi connectivity index (χ0v) is 12.9. The van der Waals surface area contributed by atoms with Gasteiger partial charge in [-0.3, -0.25) is 0 Å². The molecule has 0 unspecified atom stereocenters. The van der Waals surface area contributed by atoms with Crippen molar-refractivity contribution in [3.8, 4) is 0 Å². The van der Waals surface area contributed by atoms with Gasteiger partial charge in [0.15, 0.2) is 5.82 Å². The van der Waals surface area contributed by atoms with Crippen molar-refractivity contribution in [2.24, 2.45) is 0 Å². The van der Waals surface area contributed by atoms with Gasteiger partial charge >= 0.3 is 0 Å². The van der Waals surface area contributed by atoms with Crippen molar-refractivity contribution < 1.29 is 0 Å². The number of aryl methyl sites for hydroxylation is 3. The molecule has 0 fully saturated rings. The van der Waals surface area contributed by atoms with Gasteiger partial charge < -0.3 is 11.1 Å². The summed E-state index contributed by atoms with van der Waals surface area (Å²) >= 11 is 2.30. The van der Waals surface area contributed by atoms with Crippen molar-refractivity contribution in [3.05, 3.63) is 33.0 Å². The van der Waals surface area contributed by atoms with E-state index in [0.717, 1.165) is 29.4 Å². The summed E-state index contributed by atoms with van der Waals surface area (Å²) in [5.41, 5.74) is 9.91. The van der Waals surface area contributed by atoms with Crippen LogP contribution >= 0.6 is 22.6 Å². The van der Waals surface area contributed by atoms with Crippen LogP contribution < -0.4 is 11.1 Å². The topological polar surface area (TPSA) is 55.9 Å². The molecule has 0 saturated heterocycles. The fourth-order valence-electron chi connectivity index (χ4n) is 1.81. The summed E-state index contributed by atoms with van der Waals surface area (Å²) in [6.45, 7) is 6.85. The van der Waals surface area contributed by atoms with Crippen LogP contribution in [-0.4, -0.2) is 9.78 Å². The van der Waals surface area contributed by atoms with Crippen LogP contribution in [-0.2, 0) is 6.54 Å². The van der Waals surface area contributed by atoms with Gasteiger partial charge in [-0.2, -0.15) is 5.10 Å². The predicted octanol–water partition coefficient (Wildman–Crippen LogP) is 3.45. The zero-order chi connectivity index (χ0) is 13.3. The lowest BCUT2D eigenvalue weighted by atomic mass is 10.2. The molecule has 0 aliphatic carbocycles. The highest BCUT2D eigenvalue weighted by Crippen LogP contribution is 2.28. The first-order valence-electron chi connectivity index (χ1n) is 5.89. The monoisotopic (exact) mass is 356 g/mol. The Morgan fingerprint density at radius 2 is 2.11 bits per heavy atom. The SMILES string of the molecule is CCn1nc(C)c(N)c1Nc1cc(I)ccc1C. The summed E-state index contributed by atoms with van der Waals surface area (Å²) < 4.78 is 3.09. The maximum atomic E-state index is 6.07. The molecule has 0 bridgehead atoms. The third kappa shape index (κ3) is 2.45.